The molecule has 0 aliphatic rings. The molecule has 0 bridgehead atoms. The zero-order chi connectivity index (χ0) is 19.7. The third-order valence-corrected chi connectivity index (χ3v) is 4.10. The third-order valence-electron chi connectivity index (χ3n) is 4.10. The minimum Gasteiger partial charge on any atom is -0.444 e. The number of carbonyl (C=O) groups is 1. The summed E-state index contributed by atoms with van der Waals surface area (Å²) in [5.74, 6) is 0. The highest BCUT2D eigenvalue weighted by atomic mass is 16.6. The van der Waals surface area contributed by atoms with E-state index in [0.717, 1.165) is 18.4 Å². The molecule has 1 amide bonds. The molecule has 0 saturated heterocycles. The van der Waals surface area contributed by atoms with Crippen LogP contribution in [-0.2, 0) is 17.6 Å². The van der Waals surface area contributed by atoms with Crippen molar-refractivity contribution in [2.24, 2.45) is 0 Å². The molecule has 145 valence electrons. The highest BCUT2D eigenvalue weighted by Gasteiger charge is 2.24. The lowest BCUT2D eigenvalue weighted by Gasteiger charge is -2.27. The Labute approximate surface area is 162 Å². The van der Waals surface area contributed by atoms with Crippen molar-refractivity contribution < 1.29 is 14.6 Å². The molecule has 0 spiro atoms. The van der Waals surface area contributed by atoms with Gasteiger partial charge >= 0.3 is 6.09 Å². The Bertz CT molecular complexity index is 680. The van der Waals surface area contributed by atoms with Gasteiger partial charge in [-0.05, 0) is 57.6 Å². The molecule has 2 N–H and O–H groups in total. The van der Waals surface area contributed by atoms with Crippen LogP contribution in [-0.4, -0.2) is 28.9 Å². The molecular formula is C23H30NO3. The van der Waals surface area contributed by atoms with E-state index in [4.69, 9.17) is 4.74 Å². The van der Waals surface area contributed by atoms with Gasteiger partial charge in [0.1, 0.15) is 5.60 Å². The van der Waals surface area contributed by atoms with Gasteiger partial charge in [-0.3, -0.25) is 0 Å². The van der Waals surface area contributed by atoms with E-state index >= 15 is 0 Å². The third kappa shape index (κ3) is 8.27. The number of rotatable bonds is 8. The van der Waals surface area contributed by atoms with Crippen molar-refractivity contribution in [3.8, 4) is 0 Å². The van der Waals surface area contributed by atoms with Gasteiger partial charge in [-0.15, -0.1) is 0 Å². The van der Waals surface area contributed by atoms with Crippen molar-refractivity contribution >= 4 is 6.09 Å². The molecule has 2 rings (SSSR count). The van der Waals surface area contributed by atoms with E-state index in [1.165, 1.54) is 5.56 Å². The highest BCUT2D eigenvalue weighted by Crippen LogP contribution is 2.13. The van der Waals surface area contributed by atoms with Gasteiger partial charge in [-0.2, -0.15) is 0 Å². The van der Waals surface area contributed by atoms with E-state index in [0.29, 0.717) is 6.42 Å². The van der Waals surface area contributed by atoms with Crippen LogP contribution in [0, 0.1) is 6.42 Å². The minimum absolute atomic E-state index is 0.446. The lowest BCUT2D eigenvalue weighted by Crippen LogP contribution is -2.47. The van der Waals surface area contributed by atoms with Gasteiger partial charge in [0.05, 0.1) is 12.1 Å². The molecule has 0 aliphatic heterocycles. The van der Waals surface area contributed by atoms with Crippen molar-refractivity contribution in [1.29, 1.82) is 0 Å². The summed E-state index contributed by atoms with van der Waals surface area (Å²) in [6.45, 7) is 5.46. The second kappa shape index (κ2) is 10.1. The summed E-state index contributed by atoms with van der Waals surface area (Å²) >= 11 is 0. The van der Waals surface area contributed by atoms with Gasteiger partial charge < -0.3 is 15.2 Å². The highest BCUT2D eigenvalue weighted by molar-refractivity contribution is 5.68. The summed E-state index contributed by atoms with van der Waals surface area (Å²) in [5.41, 5.74) is 1.69. The molecular weight excluding hydrogens is 338 g/mol. The Balaban J connectivity index is 1.95. The first kappa shape index (κ1) is 21.0. The molecule has 0 saturated carbocycles. The van der Waals surface area contributed by atoms with E-state index in [9.17, 15) is 9.90 Å². The molecule has 0 aliphatic carbocycles. The number of aliphatic hydroxyl groups is 1. The Hall–Kier alpha value is -2.33. The average molecular weight is 368 g/mol. The maximum Gasteiger partial charge on any atom is 0.407 e. The lowest BCUT2D eigenvalue weighted by atomic mass is 9.96. The fraction of sp³-hybridized carbons (Fsp3) is 0.391. The Morgan fingerprint density at radius 1 is 1.04 bits per heavy atom. The smallest absolute Gasteiger partial charge is 0.407 e. The van der Waals surface area contributed by atoms with Crippen molar-refractivity contribution in [2.75, 3.05) is 0 Å². The topological polar surface area (TPSA) is 58.6 Å². The van der Waals surface area contributed by atoms with Crippen LogP contribution < -0.4 is 5.32 Å². The first-order chi connectivity index (χ1) is 12.8. The standard InChI is InChI=1S/C23H30NO3/c1-23(2,3)27-22(26)24-20(17-19-13-8-5-9-14-19)21(25)16-10-15-18-11-6-4-7-12-18/h4-9,11-14,16,20-21,25H,10,15,17H2,1-3H3,(H,24,26)/t20-,21-/m0/s1. The summed E-state index contributed by atoms with van der Waals surface area (Å²) in [6.07, 6.45) is 2.69. The van der Waals surface area contributed by atoms with E-state index in [2.05, 4.69) is 17.4 Å². The number of aryl methyl sites for hydroxylation is 1. The fourth-order valence-electron chi connectivity index (χ4n) is 2.81. The van der Waals surface area contributed by atoms with Gasteiger partial charge in [0.15, 0.2) is 0 Å². The quantitative estimate of drug-likeness (QED) is 0.729. The van der Waals surface area contributed by atoms with Crippen LogP contribution in [0.3, 0.4) is 0 Å². The number of benzene rings is 2. The van der Waals surface area contributed by atoms with Gasteiger partial charge in [0, 0.05) is 0 Å². The summed E-state index contributed by atoms with van der Waals surface area (Å²) < 4.78 is 5.35. The molecule has 27 heavy (non-hydrogen) atoms. The molecule has 1 radical (unpaired) electrons. The predicted molar refractivity (Wildman–Crippen MR) is 108 cm³/mol. The zero-order valence-electron chi connectivity index (χ0n) is 16.4. The molecule has 2 aromatic carbocycles. The Morgan fingerprint density at radius 2 is 1.59 bits per heavy atom. The van der Waals surface area contributed by atoms with Crippen molar-refractivity contribution in [1.82, 2.24) is 5.32 Å². The number of carbonyl (C=O) groups excluding carboxylic acids is 1. The SMILES string of the molecule is CC(C)(C)OC(=O)N[C@@H](Cc1ccccc1)[C@@H](O)[CH]CCc1ccccc1. The number of ether oxygens (including phenoxy) is 1. The van der Waals surface area contributed by atoms with Gasteiger partial charge in [-0.25, -0.2) is 4.79 Å². The summed E-state index contributed by atoms with van der Waals surface area (Å²) in [7, 11) is 0. The van der Waals surface area contributed by atoms with E-state index < -0.39 is 23.8 Å². The molecule has 4 nitrogen and oxygen atoms in total. The molecule has 0 heterocycles. The molecule has 0 unspecified atom stereocenters. The van der Waals surface area contributed by atoms with Gasteiger partial charge in [0.25, 0.3) is 0 Å². The fourth-order valence-corrected chi connectivity index (χ4v) is 2.81. The number of aliphatic hydroxyl groups excluding tert-OH is 1. The van der Waals surface area contributed by atoms with Crippen molar-refractivity contribution in [3.63, 3.8) is 0 Å². The second-order valence-corrected chi connectivity index (χ2v) is 7.69. The van der Waals surface area contributed by atoms with Crippen LogP contribution in [0.2, 0.25) is 0 Å². The Kier molecular flexibility index (Phi) is 7.86. The monoisotopic (exact) mass is 368 g/mol. The summed E-state index contributed by atoms with van der Waals surface area (Å²) in [6, 6.07) is 19.5. The first-order valence-electron chi connectivity index (χ1n) is 9.42. The lowest BCUT2D eigenvalue weighted by molar-refractivity contribution is 0.0444. The zero-order valence-corrected chi connectivity index (χ0v) is 16.4. The first-order valence-corrected chi connectivity index (χ1v) is 9.42. The van der Waals surface area contributed by atoms with Crippen molar-refractivity contribution in [3.05, 3.63) is 78.2 Å². The van der Waals surface area contributed by atoms with Gasteiger partial charge in [-0.1, -0.05) is 60.7 Å². The van der Waals surface area contributed by atoms with Crippen LogP contribution in [0.1, 0.15) is 38.3 Å². The van der Waals surface area contributed by atoms with Crippen LogP contribution in [0.4, 0.5) is 4.79 Å². The summed E-state index contributed by atoms with van der Waals surface area (Å²) in [4.78, 5) is 12.2. The summed E-state index contributed by atoms with van der Waals surface area (Å²) in [5, 5.41) is 13.5. The normalized spacial score (nSPS) is 13.6. The Morgan fingerprint density at radius 3 is 2.15 bits per heavy atom. The maximum absolute atomic E-state index is 12.2. The molecule has 2 aromatic rings. The van der Waals surface area contributed by atoms with Crippen LogP contribution in [0.25, 0.3) is 0 Å². The van der Waals surface area contributed by atoms with Crippen molar-refractivity contribution in [2.45, 2.75) is 57.8 Å². The van der Waals surface area contributed by atoms with E-state index in [1.54, 1.807) is 0 Å². The molecule has 0 fully saturated rings. The van der Waals surface area contributed by atoms with Gasteiger partial charge in [0.2, 0.25) is 0 Å². The molecule has 2 atom stereocenters. The predicted octanol–water partition coefficient (Wildman–Crippen LogP) is 4.32. The minimum atomic E-state index is -0.763. The number of amides is 1. The number of hydrogen-bond donors (Lipinski definition) is 2. The average Bonchev–Trinajstić information content (AvgIpc) is 2.61. The van der Waals surface area contributed by atoms with E-state index in [-0.39, 0.29) is 0 Å². The van der Waals surface area contributed by atoms with Crippen LogP contribution in [0.5, 0.6) is 0 Å². The van der Waals surface area contributed by atoms with Crippen LogP contribution in [0.15, 0.2) is 60.7 Å². The molecule has 0 aromatic heterocycles. The second-order valence-electron chi connectivity index (χ2n) is 7.69. The molecule has 4 heteroatoms. The largest absolute Gasteiger partial charge is 0.444 e. The maximum atomic E-state index is 12.2. The van der Waals surface area contributed by atoms with Crippen LogP contribution >= 0.6 is 0 Å². The van der Waals surface area contributed by atoms with E-state index in [1.807, 2.05) is 75.7 Å². The number of nitrogens with one attached hydrogen (secondary N) is 1. The number of alkyl carbamates (subject to hydrolysis) is 1. The number of hydrogen-bond acceptors (Lipinski definition) is 3.